The van der Waals surface area contributed by atoms with Crippen molar-refractivity contribution in [1.29, 1.82) is 0 Å². The van der Waals surface area contributed by atoms with E-state index < -0.39 is 17.9 Å². The van der Waals surface area contributed by atoms with Crippen molar-refractivity contribution in [3.8, 4) is 11.8 Å². The third-order valence-corrected chi connectivity index (χ3v) is 3.61. The molecule has 0 unspecified atom stereocenters. The molecule has 0 saturated heterocycles. The van der Waals surface area contributed by atoms with Crippen molar-refractivity contribution < 1.29 is 22.7 Å². The van der Waals surface area contributed by atoms with Crippen LogP contribution < -0.4 is 4.74 Å². The van der Waals surface area contributed by atoms with E-state index >= 15 is 0 Å². The van der Waals surface area contributed by atoms with Crippen LogP contribution in [0.25, 0.3) is 0 Å². The minimum absolute atomic E-state index is 0.206. The zero-order valence-electron chi connectivity index (χ0n) is 13.0. The third kappa shape index (κ3) is 4.18. The SMILES string of the molecule is O=C(c1ccc(Cl)cc1)c1ccc(Oc2nccc(C(F)(F)F)n2)cc1. The Balaban J connectivity index is 1.76. The Morgan fingerprint density at radius 2 is 1.50 bits per heavy atom. The van der Waals surface area contributed by atoms with Crippen molar-refractivity contribution in [1.82, 2.24) is 9.97 Å². The van der Waals surface area contributed by atoms with Gasteiger partial charge in [-0.15, -0.1) is 0 Å². The van der Waals surface area contributed by atoms with E-state index in [4.69, 9.17) is 16.3 Å². The summed E-state index contributed by atoms with van der Waals surface area (Å²) in [6.07, 6.45) is -3.63. The minimum Gasteiger partial charge on any atom is -0.424 e. The maximum Gasteiger partial charge on any atom is 0.433 e. The third-order valence-electron chi connectivity index (χ3n) is 3.36. The van der Waals surface area contributed by atoms with E-state index in [0.29, 0.717) is 16.1 Å². The van der Waals surface area contributed by atoms with E-state index in [2.05, 4.69) is 9.97 Å². The zero-order chi connectivity index (χ0) is 18.7. The van der Waals surface area contributed by atoms with Gasteiger partial charge in [-0.1, -0.05) is 11.6 Å². The van der Waals surface area contributed by atoms with E-state index in [1.54, 1.807) is 24.3 Å². The Kier molecular flexibility index (Phi) is 4.90. The van der Waals surface area contributed by atoms with E-state index in [1.807, 2.05) is 0 Å². The number of rotatable bonds is 4. The van der Waals surface area contributed by atoms with Crippen LogP contribution in [0.3, 0.4) is 0 Å². The van der Waals surface area contributed by atoms with Crippen molar-refractivity contribution in [2.75, 3.05) is 0 Å². The number of hydrogen-bond acceptors (Lipinski definition) is 4. The summed E-state index contributed by atoms with van der Waals surface area (Å²) in [5.41, 5.74) is -0.244. The molecule has 0 fully saturated rings. The van der Waals surface area contributed by atoms with Gasteiger partial charge in [0.15, 0.2) is 11.5 Å². The second kappa shape index (κ2) is 7.13. The first-order chi connectivity index (χ1) is 12.3. The number of alkyl halides is 3. The molecule has 3 rings (SSSR count). The Labute approximate surface area is 151 Å². The lowest BCUT2D eigenvalue weighted by Crippen LogP contribution is -2.08. The first-order valence-corrected chi connectivity index (χ1v) is 7.69. The van der Waals surface area contributed by atoms with Crippen molar-refractivity contribution in [2.45, 2.75) is 6.18 Å². The number of halogens is 4. The van der Waals surface area contributed by atoms with Gasteiger partial charge in [-0.2, -0.15) is 18.2 Å². The topological polar surface area (TPSA) is 52.1 Å². The largest absolute Gasteiger partial charge is 0.433 e. The van der Waals surface area contributed by atoms with E-state index in [9.17, 15) is 18.0 Å². The molecular formula is C18H10ClF3N2O2. The van der Waals surface area contributed by atoms with Gasteiger partial charge >= 0.3 is 12.2 Å². The quantitative estimate of drug-likeness (QED) is 0.587. The average Bonchev–Trinajstić information content (AvgIpc) is 2.62. The molecule has 0 amide bonds. The van der Waals surface area contributed by atoms with Crippen LogP contribution in [-0.4, -0.2) is 15.8 Å². The van der Waals surface area contributed by atoms with Crippen LogP contribution in [0, 0.1) is 0 Å². The normalized spacial score (nSPS) is 11.2. The molecule has 4 nitrogen and oxygen atoms in total. The highest BCUT2D eigenvalue weighted by Crippen LogP contribution is 2.29. The molecule has 0 N–H and O–H groups in total. The minimum atomic E-state index is -4.59. The molecule has 3 aromatic rings. The van der Waals surface area contributed by atoms with Gasteiger partial charge < -0.3 is 4.74 Å². The Bertz CT molecular complexity index is 926. The van der Waals surface area contributed by atoms with Crippen LogP contribution in [0.5, 0.6) is 11.8 Å². The van der Waals surface area contributed by atoms with E-state index in [1.165, 1.54) is 24.3 Å². The van der Waals surface area contributed by atoms with Gasteiger partial charge in [0.2, 0.25) is 0 Å². The number of aromatic nitrogens is 2. The Hall–Kier alpha value is -2.93. The maximum absolute atomic E-state index is 12.6. The van der Waals surface area contributed by atoms with Crippen molar-refractivity contribution in [3.05, 3.63) is 82.6 Å². The monoisotopic (exact) mass is 378 g/mol. The van der Waals surface area contributed by atoms with Crippen LogP contribution in [-0.2, 0) is 6.18 Å². The smallest absolute Gasteiger partial charge is 0.424 e. The lowest BCUT2D eigenvalue weighted by molar-refractivity contribution is -0.141. The predicted molar refractivity (Wildman–Crippen MR) is 88.4 cm³/mol. The fourth-order valence-corrected chi connectivity index (χ4v) is 2.22. The molecule has 0 aliphatic rings. The van der Waals surface area contributed by atoms with E-state index in [0.717, 1.165) is 12.3 Å². The Morgan fingerprint density at radius 3 is 2.08 bits per heavy atom. The molecule has 26 heavy (non-hydrogen) atoms. The summed E-state index contributed by atoms with van der Waals surface area (Å²) in [6.45, 7) is 0. The summed E-state index contributed by atoms with van der Waals surface area (Å²) < 4.78 is 43.1. The number of ketones is 1. The molecule has 0 aliphatic carbocycles. The molecule has 0 saturated carbocycles. The number of carbonyl (C=O) groups is 1. The van der Waals surface area contributed by atoms with Crippen LogP contribution in [0.15, 0.2) is 60.8 Å². The second-order valence-corrected chi connectivity index (χ2v) is 5.62. The molecule has 1 aromatic heterocycles. The molecule has 2 aromatic carbocycles. The number of hydrogen-bond donors (Lipinski definition) is 0. The standard InChI is InChI=1S/C18H10ClF3N2O2/c19-13-5-1-11(2-6-13)16(25)12-3-7-14(8-4-12)26-17-23-10-9-15(24-17)18(20,21)22/h1-10H. The summed E-state index contributed by atoms with van der Waals surface area (Å²) >= 11 is 5.79. The van der Waals surface area contributed by atoms with Gasteiger partial charge in [0.1, 0.15) is 5.75 Å². The summed E-state index contributed by atoms with van der Waals surface area (Å²) in [6, 6.07) is 12.6. The highest BCUT2D eigenvalue weighted by molar-refractivity contribution is 6.30. The van der Waals surface area contributed by atoms with Gasteiger partial charge in [0.25, 0.3) is 0 Å². The highest BCUT2D eigenvalue weighted by atomic mass is 35.5. The molecule has 0 bridgehead atoms. The highest BCUT2D eigenvalue weighted by Gasteiger charge is 2.33. The van der Waals surface area contributed by atoms with Crippen LogP contribution >= 0.6 is 11.6 Å². The molecule has 0 aliphatic heterocycles. The van der Waals surface area contributed by atoms with Crippen molar-refractivity contribution in [2.24, 2.45) is 0 Å². The second-order valence-electron chi connectivity index (χ2n) is 5.18. The average molecular weight is 379 g/mol. The predicted octanol–water partition coefficient (Wildman–Crippen LogP) is 5.17. The van der Waals surface area contributed by atoms with E-state index in [-0.39, 0.29) is 11.5 Å². The van der Waals surface area contributed by atoms with Gasteiger partial charge in [-0.3, -0.25) is 4.79 Å². The molecule has 0 radical (unpaired) electrons. The fraction of sp³-hybridized carbons (Fsp3) is 0.0556. The lowest BCUT2D eigenvalue weighted by Gasteiger charge is -2.08. The van der Waals surface area contributed by atoms with Crippen LogP contribution in [0.4, 0.5) is 13.2 Å². The number of carbonyl (C=O) groups excluding carboxylic acids is 1. The van der Waals surface area contributed by atoms with Gasteiger partial charge in [0.05, 0.1) is 0 Å². The summed E-state index contributed by atoms with van der Waals surface area (Å²) in [7, 11) is 0. The zero-order valence-corrected chi connectivity index (χ0v) is 13.8. The molecule has 0 atom stereocenters. The van der Waals surface area contributed by atoms with Gasteiger partial charge in [0, 0.05) is 22.3 Å². The molecule has 1 heterocycles. The number of ether oxygens (including phenoxy) is 1. The van der Waals surface area contributed by atoms with Crippen molar-refractivity contribution in [3.63, 3.8) is 0 Å². The Morgan fingerprint density at radius 1 is 0.923 bits per heavy atom. The van der Waals surface area contributed by atoms with Crippen LogP contribution in [0.2, 0.25) is 5.02 Å². The van der Waals surface area contributed by atoms with Gasteiger partial charge in [-0.05, 0) is 54.6 Å². The molecule has 0 spiro atoms. The number of benzene rings is 2. The summed E-state index contributed by atoms with van der Waals surface area (Å²) in [5, 5.41) is 0.520. The lowest BCUT2D eigenvalue weighted by atomic mass is 10.0. The molecular weight excluding hydrogens is 369 g/mol. The summed E-state index contributed by atoms with van der Waals surface area (Å²) in [5.74, 6) is -0.0134. The van der Waals surface area contributed by atoms with Crippen LogP contribution in [0.1, 0.15) is 21.6 Å². The summed E-state index contributed by atoms with van der Waals surface area (Å²) in [4.78, 5) is 19.3. The first-order valence-electron chi connectivity index (χ1n) is 7.31. The number of nitrogens with zero attached hydrogens (tertiary/aromatic N) is 2. The molecule has 132 valence electrons. The van der Waals surface area contributed by atoms with Crippen molar-refractivity contribution >= 4 is 17.4 Å². The maximum atomic E-state index is 12.6. The molecule has 8 heteroatoms. The first kappa shape index (κ1) is 17.9. The fourth-order valence-electron chi connectivity index (χ4n) is 2.10. The van der Waals surface area contributed by atoms with Gasteiger partial charge in [-0.25, -0.2) is 4.98 Å².